The first-order valence-electron chi connectivity index (χ1n) is 6.08. The molecule has 0 atom stereocenters. The van der Waals surface area contributed by atoms with Gasteiger partial charge in [0.15, 0.2) is 10.9 Å². The van der Waals surface area contributed by atoms with Gasteiger partial charge in [-0.05, 0) is 11.5 Å². The highest BCUT2D eigenvalue weighted by molar-refractivity contribution is 6.03. The second kappa shape index (κ2) is 4.35. The minimum atomic E-state index is -1.86. The molecule has 0 aromatic heterocycles. The maximum absolute atomic E-state index is 12.3. The normalized spacial score (nSPS) is 11.3. The predicted molar refractivity (Wildman–Crippen MR) is 74.9 cm³/mol. The number of rotatable bonds is 0. The molecule has 0 aliphatic carbocycles. The van der Waals surface area contributed by atoms with Gasteiger partial charge in [-0.3, -0.25) is 28.8 Å². The van der Waals surface area contributed by atoms with Gasteiger partial charge in [-0.1, -0.05) is 0 Å². The topological polar surface area (TPSA) is 189 Å². The molecule has 10 heteroatoms. The fraction of sp³-hybridized carbons (Fsp3) is 0. The first kappa shape index (κ1) is 15.1. The van der Waals surface area contributed by atoms with Gasteiger partial charge >= 0.3 is 0 Å². The minimum absolute atomic E-state index is 1.25. The zero-order chi connectivity index (χ0) is 18.1. The van der Waals surface area contributed by atoms with Gasteiger partial charge in [0, 0.05) is 10.8 Å². The summed E-state index contributed by atoms with van der Waals surface area (Å²) < 4.78 is 0. The SMILES string of the molecule is O=c1c([O-])c2c(=O)c3c(=O)c(O)c(O)c(=O)c3c(=O)c2c([O-])c1=O. The Morgan fingerprint density at radius 2 is 0.750 bits per heavy atom. The fourth-order valence-electron chi connectivity index (χ4n) is 2.46. The van der Waals surface area contributed by atoms with Gasteiger partial charge in [0.1, 0.15) is 0 Å². The summed E-state index contributed by atoms with van der Waals surface area (Å²) in [6, 6.07) is 0. The number of hydrogen-bond donors (Lipinski definition) is 2. The first-order valence-corrected chi connectivity index (χ1v) is 6.08. The van der Waals surface area contributed by atoms with E-state index in [1.165, 1.54) is 0 Å². The molecule has 3 aromatic carbocycles. The highest BCUT2D eigenvalue weighted by atomic mass is 16.3. The van der Waals surface area contributed by atoms with E-state index in [4.69, 9.17) is 0 Å². The molecule has 0 amide bonds. The number of hydrogen-bond acceptors (Lipinski definition) is 10. The third-order valence-corrected chi connectivity index (χ3v) is 3.59. The molecule has 0 saturated heterocycles. The number of fused-ring (bicyclic) bond motifs is 2. The maximum Gasteiger partial charge on any atom is 0.236 e. The van der Waals surface area contributed by atoms with Crippen LogP contribution in [0.4, 0.5) is 0 Å². The van der Waals surface area contributed by atoms with Crippen molar-refractivity contribution in [2.75, 3.05) is 0 Å². The highest BCUT2D eigenvalue weighted by Gasteiger charge is 2.24. The van der Waals surface area contributed by atoms with Crippen LogP contribution in [0.2, 0.25) is 0 Å². The molecule has 0 heterocycles. The Morgan fingerprint density at radius 1 is 0.458 bits per heavy atom. The molecule has 10 nitrogen and oxygen atoms in total. The molecule has 3 aromatic rings. The first-order chi connectivity index (χ1) is 11.1. The Morgan fingerprint density at radius 3 is 1.04 bits per heavy atom. The van der Waals surface area contributed by atoms with E-state index in [9.17, 15) is 49.2 Å². The van der Waals surface area contributed by atoms with Gasteiger partial charge in [0.05, 0.1) is 10.8 Å². The average Bonchev–Trinajstić information content (AvgIpc) is 2.55. The second-order valence-corrected chi connectivity index (χ2v) is 4.83. The minimum Gasteiger partial charge on any atom is -0.869 e. The van der Waals surface area contributed by atoms with E-state index in [2.05, 4.69) is 0 Å². The molecule has 0 spiro atoms. The smallest absolute Gasteiger partial charge is 0.236 e. The van der Waals surface area contributed by atoms with Crippen molar-refractivity contribution in [2.45, 2.75) is 0 Å². The average molecular weight is 330 g/mol. The summed E-state index contributed by atoms with van der Waals surface area (Å²) in [7, 11) is 0. The van der Waals surface area contributed by atoms with Crippen molar-refractivity contribution in [3.8, 4) is 23.0 Å². The summed E-state index contributed by atoms with van der Waals surface area (Å²) in [4.78, 5) is 71.0. The van der Waals surface area contributed by atoms with E-state index in [1.807, 2.05) is 0 Å². The Kier molecular flexibility index (Phi) is 2.73. The summed E-state index contributed by atoms with van der Waals surface area (Å²) in [5.41, 5.74) is -10.2. The van der Waals surface area contributed by atoms with Crippen molar-refractivity contribution in [2.24, 2.45) is 0 Å². The van der Waals surface area contributed by atoms with E-state index in [0.29, 0.717) is 0 Å². The van der Waals surface area contributed by atoms with Crippen LogP contribution in [0.1, 0.15) is 0 Å². The van der Waals surface area contributed by atoms with Gasteiger partial charge < -0.3 is 20.4 Å². The number of aromatic hydroxyl groups is 2. The van der Waals surface area contributed by atoms with Gasteiger partial charge in [0.25, 0.3) is 0 Å². The Hall–Kier alpha value is -3.82. The molecule has 0 radical (unpaired) electrons. The highest BCUT2D eigenvalue weighted by Crippen LogP contribution is 2.21. The lowest BCUT2D eigenvalue weighted by Crippen LogP contribution is -2.35. The number of phenolic OH excluding ortho intramolecular Hbond substituents is 2. The lowest BCUT2D eigenvalue weighted by atomic mass is 9.99. The predicted octanol–water partition coefficient (Wildman–Crippen LogP) is -3.97. The van der Waals surface area contributed by atoms with Crippen molar-refractivity contribution in [3.63, 3.8) is 0 Å². The number of phenols is 2. The molecular weight excluding hydrogens is 328 g/mol. The number of benzene rings is 3. The van der Waals surface area contributed by atoms with Gasteiger partial charge in [-0.25, -0.2) is 0 Å². The summed E-state index contributed by atoms with van der Waals surface area (Å²) in [6.45, 7) is 0. The van der Waals surface area contributed by atoms with E-state index < -0.39 is 77.1 Å². The van der Waals surface area contributed by atoms with Crippen LogP contribution in [0.3, 0.4) is 0 Å². The third kappa shape index (κ3) is 1.48. The second-order valence-electron chi connectivity index (χ2n) is 4.83. The fourth-order valence-corrected chi connectivity index (χ4v) is 2.46. The standard InChI is InChI=1S/C14H4O10/c15-5-1-2(8(18)12(22)11(21)7(1)17)6(16)4-3(5)9(19)13(23)14(24)10(4)20/h17-18,23-24H/p-2. The molecule has 0 fully saturated rings. The summed E-state index contributed by atoms with van der Waals surface area (Å²) in [5, 5.41) is 37.1. The molecule has 2 N–H and O–H groups in total. The van der Waals surface area contributed by atoms with E-state index in [-0.39, 0.29) is 0 Å². The quantitative estimate of drug-likeness (QED) is 0.233. The maximum atomic E-state index is 12.3. The molecular formula is C14H2O10-2. The lowest BCUT2D eigenvalue weighted by molar-refractivity contribution is -0.273. The molecule has 0 aliphatic rings. The van der Waals surface area contributed by atoms with Crippen molar-refractivity contribution < 1.29 is 20.4 Å². The van der Waals surface area contributed by atoms with Crippen LogP contribution in [-0.4, -0.2) is 10.2 Å². The van der Waals surface area contributed by atoms with Crippen LogP contribution < -0.4 is 42.8 Å². The summed E-state index contributed by atoms with van der Waals surface area (Å²) in [5.74, 6) is -6.59. The zero-order valence-electron chi connectivity index (χ0n) is 11.2. The van der Waals surface area contributed by atoms with Crippen LogP contribution in [0.15, 0.2) is 28.8 Å². The van der Waals surface area contributed by atoms with Crippen LogP contribution >= 0.6 is 0 Å². The van der Waals surface area contributed by atoms with E-state index in [1.54, 1.807) is 0 Å². The molecule has 0 aliphatic heterocycles. The van der Waals surface area contributed by atoms with Gasteiger partial charge in [0.2, 0.25) is 33.2 Å². The Labute approximate surface area is 127 Å². The molecule has 24 heavy (non-hydrogen) atoms. The zero-order valence-corrected chi connectivity index (χ0v) is 11.2. The van der Waals surface area contributed by atoms with Crippen LogP contribution in [0, 0.1) is 0 Å². The Bertz CT molecular complexity index is 1290. The summed E-state index contributed by atoms with van der Waals surface area (Å²) >= 11 is 0. The third-order valence-electron chi connectivity index (χ3n) is 3.59. The van der Waals surface area contributed by atoms with E-state index in [0.717, 1.165) is 0 Å². The monoisotopic (exact) mass is 330 g/mol. The van der Waals surface area contributed by atoms with Gasteiger partial charge in [-0.15, -0.1) is 0 Å². The van der Waals surface area contributed by atoms with Crippen molar-refractivity contribution in [1.82, 2.24) is 0 Å². The van der Waals surface area contributed by atoms with Crippen molar-refractivity contribution >= 4 is 21.5 Å². The molecule has 0 unspecified atom stereocenters. The lowest BCUT2D eigenvalue weighted by Gasteiger charge is -2.14. The molecule has 0 bridgehead atoms. The largest absolute Gasteiger partial charge is 0.869 e. The van der Waals surface area contributed by atoms with Crippen LogP contribution in [0.5, 0.6) is 23.0 Å². The van der Waals surface area contributed by atoms with Crippen LogP contribution in [0.25, 0.3) is 21.5 Å². The van der Waals surface area contributed by atoms with Crippen LogP contribution in [-0.2, 0) is 0 Å². The molecule has 0 saturated carbocycles. The molecule has 120 valence electrons. The molecule has 3 rings (SSSR count). The Balaban J connectivity index is 3.02. The van der Waals surface area contributed by atoms with Crippen molar-refractivity contribution in [1.29, 1.82) is 0 Å². The van der Waals surface area contributed by atoms with Crippen molar-refractivity contribution in [3.05, 3.63) is 61.3 Å². The van der Waals surface area contributed by atoms with Gasteiger partial charge in [-0.2, -0.15) is 0 Å². The summed E-state index contributed by atoms with van der Waals surface area (Å²) in [6.07, 6.45) is 0. The van der Waals surface area contributed by atoms with E-state index >= 15 is 0 Å².